The Kier molecular flexibility index (Phi) is 8.09. The van der Waals surface area contributed by atoms with Gasteiger partial charge in [-0.25, -0.2) is 0 Å². The molecule has 2 aromatic carbocycles. The molecule has 0 bridgehead atoms. The average Bonchev–Trinajstić information content (AvgIpc) is 2.80. The molecule has 32 heavy (non-hydrogen) atoms. The molecule has 3 rings (SSSR count). The maximum atomic E-state index is 11.8. The fraction of sp³-hybridized carbons (Fsp3) is 0.458. The van der Waals surface area contributed by atoms with Gasteiger partial charge in [-0.1, -0.05) is 44.2 Å². The second-order valence-electron chi connectivity index (χ2n) is 8.05. The third-order valence-electron chi connectivity index (χ3n) is 5.30. The number of para-hydroxylation sites is 1. The van der Waals surface area contributed by atoms with E-state index in [0.717, 1.165) is 16.9 Å². The molecular formula is C24H30O8. The van der Waals surface area contributed by atoms with E-state index in [9.17, 15) is 20.1 Å². The van der Waals surface area contributed by atoms with Gasteiger partial charge in [0, 0.05) is 6.42 Å². The number of ether oxygens (including phenoxy) is 4. The molecule has 1 heterocycles. The summed E-state index contributed by atoms with van der Waals surface area (Å²) in [6.07, 6.45) is -6.19. The maximum absolute atomic E-state index is 11.8. The summed E-state index contributed by atoms with van der Waals surface area (Å²) in [5.41, 5.74) is 1.87. The van der Waals surface area contributed by atoms with E-state index >= 15 is 0 Å². The van der Waals surface area contributed by atoms with Crippen molar-refractivity contribution in [3.05, 3.63) is 59.7 Å². The van der Waals surface area contributed by atoms with Crippen LogP contribution in [0.5, 0.6) is 11.5 Å². The zero-order valence-corrected chi connectivity index (χ0v) is 18.4. The molecule has 0 unspecified atom stereocenters. The second-order valence-corrected chi connectivity index (χ2v) is 8.05. The first-order chi connectivity index (χ1) is 15.3. The molecule has 174 valence electrons. The van der Waals surface area contributed by atoms with Crippen LogP contribution < -0.4 is 9.47 Å². The van der Waals surface area contributed by atoms with Crippen LogP contribution in [0.25, 0.3) is 0 Å². The van der Waals surface area contributed by atoms with E-state index in [2.05, 4.69) is 0 Å². The monoisotopic (exact) mass is 446 g/mol. The van der Waals surface area contributed by atoms with Gasteiger partial charge >= 0.3 is 5.97 Å². The number of aliphatic hydroxyl groups is 3. The molecule has 2 aromatic rings. The fourth-order valence-corrected chi connectivity index (χ4v) is 3.34. The van der Waals surface area contributed by atoms with Crippen LogP contribution in [0, 0.1) is 5.92 Å². The van der Waals surface area contributed by atoms with Crippen molar-refractivity contribution in [2.75, 3.05) is 13.7 Å². The van der Waals surface area contributed by atoms with Crippen molar-refractivity contribution in [3.8, 4) is 11.5 Å². The molecule has 0 aromatic heterocycles. The number of rotatable bonds is 8. The van der Waals surface area contributed by atoms with Crippen molar-refractivity contribution in [2.24, 2.45) is 5.92 Å². The van der Waals surface area contributed by atoms with E-state index in [4.69, 9.17) is 18.9 Å². The van der Waals surface area contributed by atoms with Gasteiger partial charge in [-0.05, 0) is 29.3 Å². The highest BCUT2D eigenvalue weighted by molar-refractivity contribution is 5.71. The van der Waals surface area contributed by atoms with E-state index in [1.807, 2.05) is 36.4 Å². The molecule has 1 aliphatic rings. The molecule has 0 aliphatic carbocycles. The van der Waals surface area contributed by atoms with Crippen LogP contribution in [-0.2, 0) is 20.7 Å². The largest absolute Gasteiger partial charge is 0.497 e. The lowest BCUT2D eigenvalue weighted by molar-refractivity contribution is -0.278. The maximum Gasteiger partial charge on any atom is 0.308 e. The molecule has 0 spiro atoms. The van der Waals surface area contributed by atoms with Gasteiger partial charge in [0.25, 0.3) is 0 Å². The van der Waals surface area contributed by atoms with Crippen LogP contribution in [0.3, 0.4) is 0 Å². The molecule has 8 nitrogen and oxygen atoms in total. The van der Waals surface area contributed by atoms with Crippen molar-refractivity contribution < 1.29 is 39.1 Å². The zero-order chi connectivity index (χ0) is 23.3. The van der Waals surface area contributed by atoms with Crippen molar-refractivity contribution in [2.45, 2.75) is 51.0 Å². The number of hydrogen-bond donors (Lipinski definition) is 3. The van der Waals surface area contributed by atoms with Gasteiger partial charge in [-0.2, -0.15) is 0 Å². The summed E-state index contributed by atoms with van der Waals surface area (Å²) in [6.45, 7) is 3.10. The standard InChI is InChI=1S/C24H30O8/c1-14(2)23(28)30-13-19-20(25)21(26)22(27)24(32-19)31-18-7-5-4-6-16(18)12-15-8-10-17(29-3)11-9-15/h4-11,14,19-22,24-27H,12-13H2,1-3H3/t19-,20-,21+,22-,24-/m1/s1. The minimum atomic E-state index is -1.52. The molecule has 3 N–H and O–H groups in total. The summed E-state index contributed by atoms with van der Waals surface area (Å²) in [5, 5.41) is 30.9. The Morgan fingerprint density at radius 2 is 1.69 bits per heavy atom. The SMILES string of the molecule is COc1ccc(Cc2ccccc2O[C@@H]2O[C@H](COC(=O)C(C)C)[C@@H](O)[C@H](O)[C@H]2O)cc1. The summed E-state index contributed by atoms with van der Waals surface area (Å²) in [6, 6.07) is 14.9. The zero-order valence-electron chi connectivity index (χ0n) is 18.4. The number of benzene rings is 2. The highest BCUT2D eigenvalue weighted by Gasteiger charge is 2.45. The first-order valence-corrected chi connectivity index (χ1v) is 10.5. The molecule has 1 saturated heterocycles. The number of aliphatic hydroxyl groups excluding tert-OH is 3. The van der Waals surface area contributed by atoms with Crippen LogP contribution >= 0.6 is 0 Å². The Balaban J connectivity index is 1.72. The molecule has 0 amide bonds. The quantitative estimate of drug-likeness (QED) is 0.525. The van der Waals surface area contributed by atoms with Gasteiger partial charge in [0.2, 0.25) is 6.29 Å². The van der Waals surface area contributed by atoms with Crippen molar-refractivity contribution in [3.63, 3.8) is 0 Å². The predicted octanol–water partition coefficient (Wildman–Crippen LogP) is 1.67. The highest BCUT2D eigenvalue weighted by atomic mass is 16.7. The smallest absolute Gasteiger partial charge is 0.308 e. The van der Waals surface area contributed by atoms with Gasteiger partial charge in [-0.3, -0.25) is 4.79 Å². The molecule has 0 saturated carbocycles. The minimum Gasteiger partial charge on any atom is -0.497 e. The summed E-state index contributed by atoms with van der Waals surface area (Å²) >= 11 is 0. The second kappa shape index (κ2) is 10.8. The first kappa shape index (κ1) is 24.0. The Hall–Kier alpha value is -2.65. The highest BCUT2D eigenvalue weighted by Crippen LogP contribution is 2.28. The Bertz CT molecular complexity index is 882. The lowest BCUT2D eigenvalue weighted by Crippen LogP contribution is -2.60. The van der Waals surface area contributed by atoms with Crippen molar-refractivity contribution in [1.82, 2.24) is 0 Å². The number of methoxy groups -OCH3 is 1. The van der Waals surface area contributed by atoms with Gasteiger partial charge in [-0.15, -0.1) is 0 Å². The van der Waals surface area contributed by atoms with E-state index in [1.165, 1.54) is 0 Å². The van der Waals surface area contributed by atoms with Gasteiger partial charge < -0.3 is 34.3 Å². The van der Waals surface area contributed by atoms with E-state index < -0.39 is 36.7 Å². The van der Waals surface area contributed by atoms with E-state index in [-0.39, 0.29) is 12.5 Å². The Morgan fingerprint density at radius 3 is 2.34 bits per heavy atom. The summed E-state index contributed by atoms with van der Waals surface area (Å²) in [7, 11) is 1.61. The Morgan fingerprint density at radius 1 is 1.00 bits per heavy atom. The van der Waals surface area contributed by atoms with Crippen LogP contribution in [-0.4, -0.2) is 65.7 Å². The third-order valence-corrected chi connectivity index (χ3v) is 5.30. The van der Waals surface area contributed by atoms with E-state index in [0.29, 0.717) is 12.2 Å². The summed E-state index contributed by atoms with van der Waals surface area (Å²) in [4.78, 5) is 11.8. The van der Waals surface area contributed by atoms with Crippen LogP contribution in [0.2, 0.25) is 0 Å². The number of carbonyl (C=O) groups excluding carboxylic acids is 1. The predicted molar refractivity (Wildman–Crippen MR) is 115 cm³/mol. The Labute approximate surface area is 187 Å². The minimum absolute atomic E-state index is 0.269. The van der Waals surface area contributed by atoms with Gasteiger partial charge in [0.05, 0.1) is 13.0 Å². The van der Waals surface area contributed by atoms with Gasteiger partial charge in [0.1, 0.15) is 42.5 Å². The van der Waals surface area contributed by atoms with Crippen molar-refractivity contribution >= 4 is 5.97 Å². The molecule has 8 heteroatoms. The van der Waals surface area contributed by atoms with Crippen LogP contribution in [0.4, 0.5) is 0 Å². The first-order valence-electron chi connectivity index (χ1n) is 10.5. The van der Waals surface area contributed by atoms with Crippen molar-refractivity contribution in [1.29, 1.82) is 0 Å². The number of hydrogen-bond acceptors (Lipinski definition) is 8. The lowest BCUT2D eigenvalue weighted by atomic mass is 9.99. The molecule has 0 radical (unpaired) electrons. The van der Waals surface area contributed by atoms with Crippen LogP contribution in [0.1, 0.15) is 25.0 Å². The van der Waals surface area contributed by atoms with Gasteiger partial charge in [0.15, 0.2) is 0 Å². The number of carbonyl (C=O) groups is 1. The molecular weight excluding hydrogens is 416 g/mol. The normalized spacial score (nSPS) is 25.4. The topological polar surface area (TPSA) is 115 Å². The molecule has 5 atom stereocenters. The van der Waals surface area contributed by atoms with Crippen LogP contribution in [0.15, 0.2) is 48.5 Å². The fourth-order valence-electron chi connectivity index (χ4n) is 3.34. The number of esters is 1. The third kappa shape index (κ3) is 5.77. The average molecular weight is 446 g/mol. The summed E-state index contributed by atoms with van der Waals surface area (Å²) in [5.74, 6) is 0.425. The summed E-state index contributed by atoms with van der Waals surface area (Å²) < 4.78 is 21.9. The molecule has 1 fully saturated rings. The lowest BCUT2D eigenvalue weighted by Gasteiger charge is -2.40. The molecule has 1 aliphatic heterocycles. The van der Waals surface area contributed by atoms with E-state index in [1.54, 1.807) is 33.1 Å².